The first-order valence-electron chi connectivity index (χ1n) is 9.19. The molecule has 6 heteroatoms. The molecular formula is C21H23N3O3. The van der Waals surface area contributed by atoms with Gasteiger partial charge in [-0.3, -0.25) is 4.79 Å². The summed E-state index contributed by atoms with van der Waals surface area (Å²) in [6.45, 7) is 5.12. The Morgan fingerprint density at radius 1 is 1.33 bits per heavy atom. The second-order valence-corrected chi connectivity index (χ2v) is 6.91. The molecule has 1 amide bonds. The molecule has 2 aromatic heterocycles. The van der Waals surface area contributed by atoms with Crippen LogP contribution in [0.5, 0.6) is 0 Å². The minimum atomic E-state index is -0.636. The van der Waals surface area contributed by atoms with Crippen LogP contribution in [0.15, 0.2) is 48.9 Å². The number of hydrogen-bond acceptors (Lipinski definition) is 4. The van der Waals surface area contributed by atoms with Crippen LogP contribution in [0.25, 0.3) is 16.8 Å². The van der Waals surface area contributed by atoms with Gasteiger partial charge in [0.2, 0.25) is 0 Å². The van der Waals surface area contributed by atoms with E-state index >= 15 is 0 Å². The first-order valence-corrected chi connectivity index (χ1v) is 9.19. The lowest BCUT2D eigenvalue weighted by atomic mass is 10.0. The number of carbonyl (C=O) groups excluding carboxylic acids is 1. The normalized spacial score (nSPS) is 19.5. The van der Waals surface area contributed by atoms with Crippen LogP contribution in [0, 0.1) is 6.92 Å². The molecule has 0 saturated carbocycles. The Kier molecular flexibility index (Phi) is 4.68. The van der Waals surface area contributed by atoms with E-state index in [9.17, 15) is 9.90 Å². The Bertz CT molecular complexity index is 982. The molecule has 1 fully saturated rings. The van der Waals surface area contributed by atoms with E-state index in [2.05, 4.69) is 11.1 Å². The molecule has 3 aromatic rings. The van der Waals surface area contributed by atoms with Gasteiger partial charge in [0, 0.05) is 30.7 Å². The van der Waals surface area contributed by atoms with E-state index in [0.717, 1.165) is 22.3 Å². The predicted molar refractivity (Wildman–Crippen MR) is 103 cm³/mol. The zero-order chi connectivity index (χ0) is 19.0. The maximum Gasteiger partial charge on any atom is 0.254 e. The van der Waals surface area contributed by atoms with Gasteiger partial charge in [0.25, 0.3) is 5.91 Å². The number of carbonyl (C=O) groups is 1. The van der Waals surface area contributed by atoms with Gasteiger partial charge in [-0.25, -0.2) is 4.98 Å². The summed E-state index contributed by atoms with van der Waals surface area (Å²) in [5.41, 5.74) is 4.62. The minimum Gasteiger partial charge on any atom is -0.388 e. The molecule has 1 N–H and O–H groups in total. The average molecular weight is 365 g/mol. The molecule has 1 aliphatic rings. The summed E-state index contributed by atoms with van der Waals surface area (Å²) in [5.74, 6) is -0.0886. The van der Waals surface area contributed by atoms with E-state index in [4.69, 9.17) is 4.74 Å². The molecular weight excluding hydrogens is 342 g/mol. The lowest BCUT2D eigenvalue weighted by molar-refractivity contribution is 0.0520. The van der Waals surface area contributed by atoms with Crippen molar-refractivity contribution in [2.45, 2.75) is 26.0 Å². The summed E-state index contributed by atoms with van der Waals surface area (Å²) in [5, 5.41) is 10.1. The Morgan fingerprint density at radius 3 is 2.93 bits per heavy atom. The maximum atomic E-state index is 13.1. The monoisotopic (exact) mass is 365 g/mol. The molecule has 6 nitrogen and oxygen atoms in total. The van der Waals surface area contributed by atoms with Crippen molar-refractivity contribution in [3.63, 3.8) is 0 Å². The van der Waals surface area contributed by atoms with Crippen molar-refractivity contribution in [3.05, 3.63) is 60.0 Å². The number of aromatic nitrogens is 2. The SMILES string of the molecule is CCN(C(=O)c1cccc(-c2cc(C)c3nccn3c2)c1)[C@H]1COC[C@@H]1O. The van der Waals surface area contributed by atoms with E-state index in [1.54, 1.807) is 11.1 Å². The topological polar surface area (TPSA) is 67.1 Å². The molecule has 3 heterocycles. The summed E-state index contributed by atoms with van der Waals surface area (Å²) in [7, 11) is 0. The lowest BCUT2D eigenvalue weighted by Crippen LogP contribution is -2.46. The Balaban J connectivity index is 1.67. The Morgan fingerprint density at radius 2 is 2.19 bits per heavy atom. The standard InChI is InChI=1S/C21H23N3O3/c1-3-24(18-12-27-13-19(18)25)21(26)16-6-4-5-15(10-16)17-9-14(2)20-22-7-8-23(20)11-17/h4-11,18-19,25H,3,12-13H2,1-2H3/t18-,19-/m0/s1. The number of aliphatic hydroxyl groups excluding tert-OH is 1. The number of imidazole rings is 1. The van der Waals surface area contributed by atoms with Crippen molar-refractivity contribution < 1.29 is 14.6 Å². The average Bonchev–Trinajstić information content (AvgIpc) is 3.32. The third kappa shape index (κ3) is 3.22. The number of ether oxygens (including phenoxy) is 1. The van der Waals surface area contributed by atoms with Crippen LogP contribution in [0.2, 0.25) is 0 Å². The number of nitrogens with zero attached hydrogens (tertiary/aromatic N) is 3. The number of benzene rings is 1. The molecule has 0 bridgehead atoms. The highest BCUT2D eigenvalue weighted by Crippen LogP contribution is 2.25. The highest BCUT2D eigenvalue weighted by atomic mass is 16.5. The molecule has 2 atom stereocenters. The van der Waals surface area contributed by atoms with Crippen LogP contribution in [0.4, 0.5) is 0 Å². The summed E-state index contributed by atoms with van der Waals surface area (Å²) in [4.78, 5) is 19.1. The fraction of sp³-hybridized carbons (Fsp3) is 0.333. The second-order valence-electron chi connectivity index (χ2n) is 6.91. The molecule has 0 unspecified atom stereocenters. The Labute approximate surface area is 158 Å². The number of pyridine rings is 1. The van der Waals surface area contributed by atoms with E-state index in [0.29, 0.717) is 18.7 Å². The predicted octanol–water partition coefficient (Wildman–Crippen LogP) is 2.53. The van der Waals surface area contributed by atoms with Crippen LogP contribution >= 0.6 is 0 Å². The van der Waals surface area contributed by atoms with Gasteiger partial charge in [-0.15, -0.1) is 0 Å². The second kappa shape index (κ2) is 7.13. The number of fused-ring (bicyclic) bond motifs is 1. The molecule has 140 valence electrons. The first-order chi connectivity index (χ1) is 13.1. The van der Waals surface area contributed by atoms with Gasteiger partial charge in [-0.2, -0.15) is 0 Å². The van der Waals surface area contributed by atoms with Gasteiger partial charge >= 0.3 is 0 Å². The fourth-order valence-electron chi connectivity index (χ4n) is 3.72. The smallest absolute Gasteiger partial charge is 0.254 e. The molecule has 1 aromatic carbocycles. The number of likely N-dealkylation sites (N-methyl/N-ethyl adjacent to an activating group) is 1. The minimum absolute atomic E-state index is 0.0886. The molecule has 1 aliphatic heterocycles. The number of amides is 1. The van der Waals surface area contributed by atoms with E-state index in [-0.39, 0.29) is 18.6 Å². The van der Waals surface area contributed by atoms with E-state index < -0.39 is 6.10 Å². The van der Waals surface area contributed by atoms with Crippen molar-refractivity contribution in [2.75, 3.05) is 19.8 Å². The highest BCUT2D eigenvalue weighted by molar-refractivity contribution is 5.95. The van der Waals surface area contributed by atoms with Crippen molar-refractivity contribution in [1.29, 1.82) is 0 Å². The highest BCUT2D eigenvalue weighted by Gasteiger charge is 2.34. The van der Waals surface area contributed by atoms with Crippen molar-refractivity contribution in [3.8, 4) is 11.1 Å². The molecule has 1 saturated heterocycles. The fourth-order valence-corrected chi connectivity index (χ4v) is 3.72. The Hall–Kier alpha value is -2.70. The quantitative estimate of drug-likeness (QED) is 0.772. The maximum absolute atomic E-state index is 13.1. The zero-order valence-corrected chi connectivity index (χ0v) is 15.5. The first kappa shape index (κ1) is 17.7. The molecule has 0 aliphatic carbocycles. The van der Waals surface area contributed by atoms with Crippen LogP contribution in [-0.4, -0.2) is 57.2 Å². The van der Waals surface area contributed by atoms with Gasteiger partial charge < -0.3 is 19.1 Å². The van der Waals surface area contributed by atoms with Crippen LogP contribution in [0.1, 0.15) is 22.8 Å². The number of rotatable bonds is 4. The molecule has 0 spiro atoms. The van der Waals surface area contributed by atoms with Gasteiger partial charge in [-0.1, -0.05) is 12.1 Å². The van der Waals surface area contributed by atoms with Gasteiger partial charge in [0.1, 0.15) is 5.65 Å². The molecule has 27 heavy (non-hydrogen) atoms. The van der Waals surface area contributed by atoms with Crippen molar-refractivity contribution >= 4 is 11.6 Å². The lowest BCUT2D eigenvalue weighted by Gasteiger charge is -2.29. The summed E-state index contributed by atoms with van der Waals surface area (Å²) < 4.78 is 7.31. The third-order valence-electron chi connectivity index (χ3n) is 5.14. The van der Waals surface area contributed by atoms with Gasteiger partial charge in [-0.05, 0) is 48.7 Å². The largest absolute Gasteiger partial charge is 0.388 e. The third-order valence-corrected chi connectivity index (χ3v) is 5.14. The number of aryl methyl sites for hydroxylation is 1. The summed E-state index contributed by atoms with van der Waals surface area (Å²) in [6, 6.07) is 9.40. The van der Waals surface area contributed by atoms with E-state index in [1.165, 1.54) is 0 Å². The molecule has 4 rings (SSSR count). The van der Waals surface area contributed by atoms with Gasteiger partial charge in [0.05, 0.1) is 25.4 Å². The van der Waals surface area contributed by atoms with E-state index in [1.807, 2.05) is 54.9 Å². The van der Waals surface area contributed by atoms with Crippen molar-refractivity contribution in [1.82, 2.24) is 14.3 Å². The van der Waals surface area contributed by atoms with Crippen LogP contribution in [-0.2, 0) is 4.74 Å². The van der Waals surface area contributed by atoms with Crippen molar-refractivity contribution in [2.24, 2.45) is 0 Å². The number of hydrogen-bond donors (Lipinski definition) is 1. The van der Waals surface area contributed by atoms with Crippen LogP contribution < -0.4 is 0 Å². The summed E-state index contributed by atoms with van der Waals surface area (Å²) in [6.07, 6.45) is 5.08. The zero-order valence-electron chi connectivity index (χ0n) is 15.5. The van der Waals surface area contributed by atoms with Gasteiger partial charge in [0.15, 0.2) is 0 Å². The molecule has 0 radical (unpaired) electrons. The van der Waals surface area contributed by atoms with Crippen LogP contribution in [0.3, 0.4) is 0 Å². The number of aliphatic hydroxyl groups is 1. The summed E-state index contributed by atoms with van der Waals surface area (Å²) >= 11 is 0.